The van der Waals surface area contributed by atoms with Crippen LogP contribution in [0, 0.1) is 5.82 Å². The van der Waals surface area contributed by atoms with Gasteiger partial charge in [-0.25, -0.2) is 12.8 Å². The summed E-state index contributed by atoms with van der Waals surface area (Å²) in [6.45, 7) is 4.20. The van der Waals surface area contributed by atoms with Crippen LogP contribution in [-0.4, -0.2) is 38.4 Å². The Bertz CT molecular complexity index is 557. The molecule has 1 N–H and O–H groups in total. The molecule has 0 atom stereocenters. The molecule has 0 spiro atoms. The lowest BCUT2D eigenvalue weighted by atomic mass is 10.1. The molecule has 1 heterocycles. The number of rotatable bonds is 6. The molecule has 1 aliphatic heterocycles. The van der Waals surface area contributed by atoms with Crippen LogP contribution in [0.2, 0.25) is 0 Å². The van der Waals surface area contributed by atoms with E-state index in [1.54, 1.807) is 16.4 Å². The zero-order valence-electron chi connectivity index (χ0n) is 12.4. The van der Waals surface area contributed by atoms with Crippen LogP contribution in [-0.2, 0) is 15.8 Å². The number of hydrogen-bond donors (Lipinski definition) is 1. The SMILES string of the molecule is CCCN(C1CCNCC1)S(=O)(=O)Cc1cccc(F)c1. The van der Waals surface area contributed by atoms with Gasteiger partial charge in [-0.15, -0.1) is 0 Å². The number of halogens is 1. The summed E-state index contributed by atoms with van der Waals surface area (Å²) in [5.41, 5.74) is 0.505. The van der Waals surface area contributed by atoms with Crippen LogP contribution in [0.4, 0.5) is 4.39 Å². The second kappa shape index (κ2) is 7.33. The molecule has 0 radical (unpaired) electrons. The van der Waals surface area contributed by atoms with Crippen LogP contribution < -0.4 is 5.32 Å². The lowest BCUT2D eigenvalue weighted by molar-refractivity contribution is 0.262. The maximum absolute atomic E-state index is 13.2. The maximum atomic E-state index is 13.2. The smallest absolute Gasteiger partial charge is 0.218 e. The van der Waals surface area contributed by atoms with Gasteiger partial charge in [0.05, 0.1) is 5.75 Å². The Morgan fingerprint density at radius 2 is 2.05 bits per heavy atom. The Kier molecular flexibility index (Phi) is 5.72. The van der Waals surface area contributed by atoms with Crippen molar-refractivity contribution in [2.75, 3.05) is 19.6 Å². The number of hydrogen-bond acceptors (Lipinski definition) is 3. The van der Waals surface area contributed by atoms with Crippen molar-refractivity contribution in [3.63, 3.8) is 0 Å². The molecule has 1 aromatic carbocycles. The third kappa shape index (κ3) is 4.49. The molecule has 4 nitrogen and oxygen atoms in total. The van der Waals surface area contributed by atoms with Gasteiger partial charge in [0.2, 0.25) is 10.0 Å². The zero-order valence-corrected chi connectivity index (χ0v) is 13.2. The van der Waals surface area contributed by atoms with E-state index in [-0.39, 0.29) is 11.8 Å². The van der Waals surface area contributed by atoms with Crippen LogP contribution in [0.5, 0.6) is 0 Å². The monoisotopic (exact) mass is 314 g/mol. The highest BCUT2D eigenvalue weighted by atomic mass is 32.2. The molecule has 0 aromatic heterocycles. The Labute approximate surface area is 126 Å². The Hall–Kier alpha value is -0.980. The van der Waals surface area contributed by atoms with E-state index in [0.717, 1.165) is 32.4 Å². The van der Waals surface area contributed by atoms with Crippen molar-refractivity contribution in [1.82, 2.24) is 9.62 Å². The van der Waals surface area contributed by atoms with E-state index in [9.17, 15) is 12.8 Å². The maximum Gasteiger partial charge on any atom is 0.218 e. The second-order valence-corrected chi connectivity index (χ2v) is 7.40. The molecular weight excluding hydrogens is 291 g/mol. The number of sulfonamides is 1. The van der Waals surface area contributed by atoms with Gasteiger partial charge < -0.3 is 5.32 Å². The first-order valence-electron chi connectivity index (χ1n) is 7.47. The minimum atomic E-state index is -3.42. The molecule has 0 aliphatic carbocycles. The van der Waals surface area contributed by atoms with Gasteiger partial charge in [0, 0.05) is 12.6 Å². The summed E-state index contributed by atoms with van der Waals surface area (Å²) in [5, 5.41) is 3.25. The van der Waals surface area contributed by atoms with Gasteiger partial charge in [0.1, 0.15) is 5.82 Å². The van der Waals surface area contributed by atoms with E-state index < -0.39 is 15.8 Å². The minimum Gasteiger partial charge on any atom is -0.317 e. The fraction of sp³-hybridized carbons (Fsp3) is 0.600. The van der Waals surface area contributed by atoms with Gasteiger partial charge in [0.25, 0.3) is 0 Å². The summed E-state index contributed by atoms with van der Waals surface area (Å²) < 4.78 is 40.2. The van der Waals surface area contributed by atoms with Crippen LogP contribution in [0.3, 0.4) is 0 Å². The van der Waals surface area contributed by atoms with Gasteiger partial charge in [-0.2, -0.15) is 4.31 Å². The van der Waals surface area contributed by atoms with Gasteiger partial charge in [-0.05, 0) is 50.0 Å². The summed E-state index contributed by atoms with van der Waals surface area (Å²) in [6.07, 6.45) is 2.46. The molecule has 1 aliphatic rings. The van der Waals surface area contributed by atoms with Crippen LogP contribution in [0.25, 0.3) is 0 Å². The lowest BCUT2D eigenvalue weighted by Gasteiger charge is -2.33. The highest BCUT2D eigenvalue weighted by Crippen LogP contribution is 2.20. The third-order valence-corrected chi connectivity index (χ3v) is 5.65. The molecule has 6 heteroatoms. The third-order valence-electron chi connectivity index (χ3n) is 3.76. The van der Waals surface area contributed by atoms with Gasteiger partial charge in [0.15, 0.2) is 0 Å². The molecule has 2 rings (SSSR count). The van der Waals surface area contributed by atoms with Crippen LogP contribution >= 0.6 is 0 Å². The Balaban J connectivity index is 2.16. The summed E-state index contributed by atoms with van der Waals surface area (Å²) in [6, 6.07) is 5.89. The number of nitrogens with zero attached hydrogens (tertiary/aromatic N) is 1. The highest BCUT2D eigenvalue weighted by Gasteiger charge is 2.30. The molecule has 0 bridgehead atoms. The normalized spacial score (nSPS) is 17.3. The van der Waals surface area contributed by atoms with Gasteiger partial charge in [-0.1, -0.05) is 19.1 Å². The van der Waals surface area contributed by atoms with Gasteiger partial charge >= 0.3 is 0 Å². The number of benzene rings is 1. The van der Waals surface area contributed by atoms with Crippen molar-refractivity contribution in [3.05, 3.63) is 35.6 Å². The van der Waals surface area contributed by atoms with Crippen molar-refractivity contribution in [3.8, 4) is 0 Å². The van der Waals surface area contributed by atoms with E-state index in [2.05, 4.69) is 5.32 Å². The van der Waals surface area contributed by atoms with E-state index >= 15 is 0 Å². The summed E-state index contributed by atoms with van der Waals surface area (Å²) >= 11 is 0. The van der Waals surface area contributed by atoms with Crippen LogP contribution in [0.15, 0.2) is 24.3 Å². The molecule has 1 saturated heterocycles. The molecular formula is C15H23FN2O2S. The topological polar surface area (TPSA) is 49.4 Å². The van der Waals surface area contributed by atoms with Gasteiger partial charge in [-0.3, -0.25) is 0 Å². The molecule has 1 aromatic rings. The Morgan fingerprint density at radius 1 is 1.33 bits per heavy atom. The van der Waals surface area contributed by atoms with E-state index in [1.165, 1.54) is 12.1 Å². The average molecular weight is 314 g/mol. The molecule has 0 saturated carbocycles. The van der Waals surface area contributed by atoms with Crippen molar-refractivity contribution in [2.24, 2.45) is 0 Å². The number of nitrogens with one attached hydrogen (secondary N) is 1. The van der Waals surface area contributed by atoms with E-state index in [1.807, 2.05) is 6.92 Å². The van der Waals surface area contributed by atoms with Crippen LogP contribution in [0.1, 0.15) is 31.7 Å². The molecule has 0 unspecified atom stereocenters. The van der Waals surface area contributed by atoms with Crippen molar-refractivity contribution >= 4 is 10.0 Å². The summed E-state index contributed by atoms with van der Waals surface area (Å²) in [7, 11) is -3.42. The van der Waals surface area contributed by atoms with E-state index in [4.69, 9.17) is 0 Å². The molecule has 21 heavy (non-hydrogen) atoms. The highest BCUT2D eigenvalue weighted by molar-refractivity contribution is 7.88. The largest absolute Gasteiger partial charge is 0.317 e. The first-order valence-corrected chi connectivity index (χ1v) is 9.08. The van der Waals surface area contributed by atoms with Crippen molar-refractivity contribution in [2.45, 2.75) is 38.0 Å². The lowest BCUT2D eigenvalue weighted by Crippen LogP contribution is -2.46. The summed E-state index contributed by atoms with van der Waals surface area (Å²) in [5.74, 6) is -0.527. The minimum absolute atomic E-state index is 0.0600. The second-order valence-electron chi connectivity index (χ2n) is 5.48. The molecule has 0 amide bonds. The van der Waals surface area contributed by atoms with E-state index in [0.29, 0.717) is 12.1 Å². The molecule has 118 valence electrons. The quantitative estimate of drug-likeness (QED) is 0.875. The number of piperidine rings is 1. The average Bonchev–Trinajstić information content (AvgIpc) is 2.45. The predicted molar refractivity (Wildman–Crippen MR) is 81.9 cm³/mol. The first-order chi connectivity index (χ1) is 10.0. The first kappa shape index (κ1) is 16.4. The standard InChI is InChI=1S/C15H23FN2O2S/c1-2-10-18(15-6-8-17-9-7-15)21(19,20)12-13-4-3-5-14(16)11-13/h3-5,11,15,17H,2,6-10,12H2,1H3. The zero-order chi connectivity index (χ0) is 15.3. The van der Waals surface area contributed by atoms with Crippen molar-refractivity contribution < 1.29 is 12.8 Å². The predicted octanol–water partition coefficient (Wildman–Crippen LogP) is 2.12. The summed E-state index contributed by atoms with van der Waals surface area (Å²) in [4.78, 5) is 0. The molecule has 1 fully saturated rings. The Morgan fingerprint density at radius 3 is 2.67 bits per heavy atom. The fourth-order valence-corrected chi connectivity index (χ4v) is 4.68. The fourth-order valence-electron chi connectivity index (χ4n) is 2.78. The van der Waals surface area contributed by atoms with Crippen molar-refractivity contribution in [1.29, 1.82) is 0 Å².